The third-order valence-electron chi connectivity index (χ3n) is 4.14. The summed E-state index contributed by atoms with van der Waals surface area (Å²) in [4.78, 5) is 24.2. The van der Waals surface area contributed by atoms with Crippen LogP contribution >= 0.6 is 0 Å². The number of hydrogen-bond acceptors (Lipinski definition) is 4. The van der Waals surface area contributed by atoms with Crippen LogP contribution in [0.1, 0.15) is 32.3 Å². The summed E-state index contributed by atoms with van der Waals surface area (Å²) in [5, 5.41) is 10.2. The largest absolute Gasteiger partial charge is 0.368 e. The second-order valence-electron chi connectivity index (χ2n) is 7.03. The van der Waals surface area contributed by atoms with Crippen LogP contribution in [0, 0.1) is 11.3 Å². The highest BCUT2D eigenvalue weighted by Crippen LogP contribution is 2.29. The maximum Gasteiger partial charge on any atom is 0.240 e. The van der Waals surface area contributed by atoms with Gasteiger partial charge < -0.3 is 16.4 Å². The van der Waals surface area contributed by atoms with Gasteiger partial charge in [0.2, 0.25) is 11.8 Å². The van der Waals surface area contributed by atoms with Gasteiger partial charge in [-0.25, -0.2) is 0 Å². The molecule has 1 saturated heterocycles. The van der Waals surface area contributed by atoms with Crippen molar-refractivity contribution in [3.8, 4) is 0 Å². The van der Waals surface area contributed by atoms with Crippen LogP contribution in [0.3, 0.4) is 0 Å². The van der Waals surface area contributed by atoms with E-state index in [2.05, 4.69) is 15.7 Å². The summed E-state index contributed by atoms with van der Waals surface area (Å²) in [5.74, 6) is -0.821. The van der Waals surface area contributed by atoms with Gasteiger partial charge in [-0.05, 0) is 11.0 Å². The molecule has 0 aromatic carbocycles. The first-order valence-corrected chi connectivity index (χ1v) is 7.49. The summed E-state index contributed by atoms with van der Waals surface area (Å²) in [6.07, 6.45) is 3.71. The standard InChI is InChI=1S/C15H25N5O2/c1-15(2,3)12(13(16)21)19-14(22)11-7-17-6-10(11)9-5-18-20(4)8-9/h5,8,10-12,17H,6-7H2,1-4H3,(H2,16,21)(H,19,22)/t10-,11+,12?/m1/s1. The number of carbonyl (C=O) groups excluding carboxylic acids is 2. The molecule has 2 heterocycles. The highest BCUT2D eigenvalue weighted by atomic mass is 16.2. The molecule has 1 unspecified atom stereocenters. The molecule has 3 atom stereocenters. The van der Waals surface area contributed by atoms with Crippen molar-refractivity contribution in [1.29, 1.82) is 0 Å². The summed E-state index contributed by atoms with van der Waals surface area (Å²) in [7, 11) is 1.85. The van der Waals surface area contributed by atoms with Crippen molar-refractivity contribution < 1.29 is 9.59 Å². The van der Waals surface area contributed by atoms with Gasteiger partial charge in [-0.3, -0.25) is 14.3 Å². The molecule has 2 rings (SSSR count). The smallest absolute Gasteiger partial charge is 0.240 e. The monoisotopic (exact) mass is 307 g/mol. The Labute approximate surface area is 130 Å². The number of carbonyl (C=O) groups is 2. The van der Waals surface area contributed by atoms with E-state index >= 15 is 0 Å². The van der Waals surface area contributed by atoms with Gasteiger partial charge in [-0.2, -0.15) is 5.10 Å². The van der Waals surface area contributed by atoms with Crippen LogP contribution in [0.25, 0.3) is 0 Å². The second kappa shape index (κ2) is 6.08. The van der Waals surface area contributed by atoms with Crippen molar-refractivity contribution in [3.63, 3.8) is 0 Å². The van der Waals surface area contributed by atoms with Gasteiger partial charge in [-0.15, -0.1) is 0 Å². The molecular formula is C15H25N5O2. The molecule has 1 aliphatic heterocycles. The van der Waals surface area contributed by atoms with Crippen LogP contribution in [0.15, 0.2) is 12.4 Å². The lowest BCUT2D eigenvalue weighted by atomic mass is 9.84. The maximum atomic E-state index is 12.6. The predicted molar refractivity (Wildman–Crippen MR) is 82.9 cm³/mol. The highest BCUT2D eigenvalue weighted by molar-refractivity contribution is 5.88. The zero-order valence-electron chi connectivity index (χ0n) is 13.6. The van der Waals surface area contributed by atoms with E-state index in [9.17, 15) is 9.59 Å². The molecule has 0 saturated carbocycles. The number of aryl methyl sites for hydroxylation is 1. The fraction of sp³-hybridized carbons (Fsp3) is 0.667. The van der Waals surface area contributed by atoms with Gasteiger partial charge >= 0.3 is 0 Å². The van der Waals surface area contributed by atoms with Crippen molar-refractivity contribution in [2.45, 2.75) is 32.7 Å². The summed E-state index contributed by atoms with van der Waals surface area (Å²) in [5.41, 5.74) is 6.04. The zero-order valence-corrected chi connectivity index (χ0v) is 13.6. The topological polar surface area (TPSA) is 102 Å². The third-order valence-corrected chi connectivity index (χ3v) is 4.14. The highest BCUT2D eigenvalue weighted by Gasteiger charge is 2.38. The van der Waals surface area contributed by atoms with E-state index in [0.29, 0.717) is 6.54 Å². The van der Waals surface area contributed by atoms with Crippen LogP contribution in [0.4, 0.5) is 0 Å². The van der Waals surface area contributed by atoms with Gasteiger partial charge in [0.15, 0.2) is 0 Å². The fourth-order valence-electron chi connectivity index (χ4n) is 2.90. The molecule has 7 nitrogen and oxygen atoms in total. The minimum absolute atomic E-state index is 0.0576. The molecule has 1 fully saturated rings. The maximum absolute atomic E-state index is 12.6. The van der Waals surface area contributed by atoms with E-state index in [4.69, 9.17) is 5.73 Å². The Bertz CT molecular complexity index is 561. The van der Waals surface area contributed by atoms with Crippen LogP contribution in [-0.4, -0.2) is 40.7 Å². The Morgan fingerprint density at radius 2 is 2.14 bits per heavy atom. The number of nitrogens with two attached hydrogens (primary N) is 1. The van der Waals surface area contributed by atoms with Crippen LogP contribution in [0.5, 0.6) is 0 Å². The van der Waals surface area contributed by atoms with Gasteiger partial charge in [0.05, 0.1) is 12.1 Å². The Kier molecular flexibility index (Phi) is 4.55. The number of aromatic nitrogens is 2. The molecular weight excluding hydrogens is 282 g/mol. The Hall–Kier alpha value is -1.89. The third kappa shape index (κ3) is 3.47. The molecule has 122 valence electrons. The lowest BCUT2D eigenvalue weighted by molar-refractivity contribution is -0.132. The number of nitrogens with zero attached hydrogens (tertiary/aromatic N) is 2. The number of primary amides is 1. The van der Waals surface area contributed by atoms with Gasteiger partial charge in [-0.1, -0.05) is 20.8 Å². The lowest BCUT2D eigenvalue weighted by Gasteiger charge is -2.30. The van der Waals surface area contributed by atoms with E-state index in [0.717, 1.165) is 12.1 Å². The molecule has 7 heteroatoms. The van der Waals surface area contributed by atoms with E-state index in [1.807, 2.05) is 34.0 Å². The average molecular weight is 307 g/mol. The normalized spacial score (nSPS) is 23.3. The Morgan fingerprint density at radius 3 is 2.64 bits per heavy atom. The molecule has 22 heavy (non-hydrogen) atoms. The van der Waals surface area contributed by atoms with Crippen molar-refractivity contribution >= 4 is 11.8 Å². The Morgan fingerprint density at radius 1 is 1.45 bits per heavy atom. The quantitative estimate of drug-likeness (QED) is 0.713. The molecule has 0 bridgehead atoms. The zero-order chi connectivity index (χ0) is 16.5. The number of amides is 2. The van der Waals surface area contributed by atoms with E-state index in [-0.39, 0.29) is 17.7 Å². The minimum Gasteiger partial charge on any atom is -0.368 e. The number of nitrogens with one attached hydrogen (secondary N) is 2. The van der Waals surface area contributed by atoms with E-state index in [1.54, 1.807) is 10.9 Å². The molecule has 1 aromatic heterocycles. The van der Waals surface area contributed by atoms with Crippen molar-refractivity contribution in [2.75, 3.05) is 13.1 Å². The first-order valence-electron chi connectivity index (χ1n) is 7.49. The molecule has 1 aromatic rings. The average Bonchev–Trinajstić information content (AvgIpc) is 3.01. The fourth-order valence-corrected chi connectivity index (χ4v) is 2.90. The molecule has 2 amide bonds. The second-order valence-corrected chi connectivity index (χ2v) is 7.03. The van der Waals surface area contributed by atoms with Crippen molar-refractivity contribution in [1.82, 2.24) is 20.4 Å². The Balaban J connectivity index is 2.12. The lowest BCUT2D eigenvalue weighted by Crippen LogP contribution is -2.54. The van der Waals surface area contributed by atoms with E-state index in [1.165, 1.54) is 0 Å². The molecule has 4 N–H and O–H groups in total. The SMILES string of the molecule is Cn1cc([C@H]2CNC[C@@H]2C(=O)NC(C(N)=O)C(C)(C)C)cn1. The number of hydrogen-bond donors (Lipinski definition) is 3. The van der Waals surface area contributed by atoms with Gasteiger partial charge in [0, 0.05) is 32.3 Å². The number of rotatable bonds is 4. The van der Waals surface area contributed by atoms with Gasteiger partial charge in [0.1, 0.15) is 6.04 Å². The van der Waals surface area contributed by atoms with Crippen LogP contribution < -0.4 is 16.4 Å². The van der Waals surface area contributed by atoms with Gasteiger partial charge in [0.25, 0.3) is 0 Å². The van der Waals surface area contributed by atoms with Crippen molar-refractivity contribution in [2.24, 2.45) is 24.1 Å². The first kappa shape index (κ1) is 16.5. The summed E-state index contributed by atoms with van der Waals surface area (Å²) in [6.45, 7) is 6.96. The minimum atomic E-state index is -0.685. The summed E-state index contributed by atoms with van der Waals surface area (Å²) < 4.78 is 1.73. The summed E-state index contributed by atoms with van der Waals surface area (Å²) >= 11 is 0. The van der Waals surface area contributed by atoms with E-state index < -0.39 is 17.4 Å². The molecule has 0 radical (unpaired) electrons. The van der Waals surface area contributed by atoms with Crippen molar-refractivity contribution in [3.05, 3.63) is 18.0 Å². The first-order chi connectivity index (χ1) is 10.2. The summed E-state index contributed by atoms with van der Waals surface area (Å²) in [6, 6.07) is -0.685. The molecule has 0 aliphatic carbocycles. The molecule has 0 spiro atoms. The van der Waals surface area contributed by atoms with Crippen LogP contribution in [-0.2, 0) is 16.6 Å². The predicted octanol–water partition coefficient (Wildman–Crippen LogP) is -0.261. The molecule has 1 aliphatic rings. The van der Waals surface area contributed by atoms with Crippen LogP contribution in [0.2, 0.25) is 0 Å².